The van der Waals surface area contributed by atoms with Gasteiger partial charge in [0.25, 0.3) is 0 Å². The van der Waals surface area contributed by atoms with Crippen molar-refractivity contribution in [1.82, 2.24) is 9.88 Å². The molecule has 0 saturated carbocycles. The molecule has 0 saturated heterocycles. The van der Waals surface area contributed by atoms with Crippen LogP contribution in [-0.2, 0) is 6.54 Å². The van der Waals surface area contributed by atoms with Gasteiger partial charge >= 0.3 is 0 Å². The molecule has 0 amide bonds. The average molecular weight is 257 g/mol. The van der Waals surface area contributed by atoms with Crippen molar-refractivity contribution in [2.75, 3.05) is 13.1 Å². The Morgan fingerprint density at radius 2 is 2.19 bits per heavy atom. The average Bonchev–Trinajstić information content (AvgIpc) is 2.45. The second-order valence-corrected chi connectivity index (χ2v) is 5.74. The Morgan fingerprint density at radius 3 is 2.62 bits per heavy atom. The normalized spacial score (nSPS) is 11.0. The molecule has 1 aromatic heterocycles. The van der Waals surface area contributed by atoms with Gasteiger partial charge in [0, 0.05) is 11.4 Å². The number of thiazole rings is 1. The number of hydrogen-bond acceptors (Lipinski definition) is 4. The van der Waals surface area contributed by atoms with Crippen molar-refractivity contribution in [3.8, 4) is 0 Å². The molecule has 1 rings (SSSR count). The van der Waals surface area contributed by atoms with Crippen LogP contribution >= 0.6 is 23.6 Å². The third kappa shape index (κ3) is 4.15. The Balaban J connectivity index is 2.63. The van der Waals surface area contributed by atoms with Crippen LogP contribution in [0.3, 0.4) is 0 Å². The first-order valence-electron chi connectivity index (χ1n) is 5.46. The minimum absolute atomic E-state index is 0.554. The van der Waals surface area contributed by atoms with Gasteiger partial charge < -0.3 is 5.73 Å². The lowest BCUT2D eigenvalue weighted by Gasteiger charge is -2.19. The standard InChI is InChI=1S/C11H19N3S2/c1-4-5-14(6-10(12)15)7-11-13-8(2)9(3)16-11/h4-7H2,1-3H3,(H2,12,15). The van der Waals surface area contributed by atoms with E-state index in [1.807, 2.05) is 6.92 Å². The van der Waals surface area contributed by atoms with E-state index < -0.39 is 0 Å². The van der Waals surface area contributed by atoms with E-state index in [-0.39, 0.29) is 0 Å². The largest absolute Gasteiger partial charge is 0.392 e. The van der Waals surface area contributed by atoms with Crippen LogP contribution in [0.5, 0.6) is 0 Å². The summed E-state index contributed by atoms with van der Waals surface area (Å²) in [6, 6.07) is 0. The molecule has 0 radical (unpaired) electrons. The fourth-order valence-electron chi connectivity index (χ4n) is 1.55. The van der Waals surface area contributed by atoms with E-state index in [4.69, 9.17) is 18.0 Å². The minimum atomic E-state index is 0.554. The van der Waals surface area contributed by atoms with Crippen LogP contribution in [0.25, 0.3) is 0 Å². The van der Waals surface area contributed by atoms with Crippen molar-refractivity contribution in [3.05, 3.63) is 15.6 Å². The number of nitrogens with two attached hydrogens (primary N) is 1. The topological polar surface area (TPSA) is 42.1 Å². The molecule has 0 fully saturated rings. The van der Waals surface area contributed by atoms with Crippen molar-refractivity contribution in [2.24, 2.45) is 5.73 Å². The number of thiocarbonyl (C=S) groups is 1. The van der Waals surface area contributed by atoms with Gasteiger partial charge in [0.2, 0.25) is 0 Å². The molecule has 90 valence electrons. The van der Waals surface area contributed by atoms with Gasteiger partial charge in [0.15, 0.2) is 0 Å². The van der Waals surface area contributed by atoms with Crippen LogP contribution in [-0.4, -0.2) is 28.0 Å². The zero-order chi connectivity index (χ0) is 12.1. The summed E-state index contributed by atoms with van der Waals surface area (Å²) >= 11 is 6.71. The summed E-state index contributed by atoms with van der Waals surface area (Å²) in [5, 5.41) is 1.15. The van der Waals surface area contributed by atoms with Crippen molar-refractivity contribution in [2.45, 2.75) is 33.7 Å². The second kappa shape index (κ2) is 6.27. The Kier molecular flexibility index (Phi) is 5.31. The highest BCUT2D eigenvalue weighted by atomic mass is 32.1. The van der Waals surface area contributed by atoms with Gasteiger partial charge in [-0.1, -0.05) is 19.1 Å². The van der Waals surface area contributed by atoms with E-state index in [2.05, 4.69) is 23.7 Å². The fourth-order valence-corrected chi connectivity index (χ4v) is 2.71. The minimum Gasteiger partial charge on any atom is -0.392 e. The molecule has 1 heterocycles. The quantitative estimate of drug-likeness (QED) is 0.794. The lowest BCUT2D eigenvalue weighted by molar-refractivity contribution is 0.304. The highest BCUT2D eigenvalue weighted by Crippen LogP contribution is 2.18. The van der Waals surface area contributed by atoms with Gasteiger partial charge in [-0.3, -0.25) is 4.90 Å². The zero-order valence-corrected chi connectivity index (χ0v) is 11.7. The summed E-state index contributed by atoms with van der Waals surface area (Å²) in [5.41, 5.74) is 6.72. The molecule has 0 unspecified atom stereocenters. The summed E-state index contributed by atoms with van der Waals surface area (Å²) in [4.78, 5) is 8.63. The van der Waals surface area contributed by atoms with Crippen LogP contribution in [0.1, 0.15) is 28.9 Å². The summed E-state index contributed by atoms with van der Waals surface area (Å²) in [7, 11) is 0. The molecule has 0 aliphatic rings. The van der Waals surface area contributed by atoms with Crippen molar-refractivity contribution < 1.29 is 0 Å². The molecule has 0 aromatic carbocycles. The van der Waals surface area contributed by atoms with Gasteiger partial charge in [0.05, 0.1) is 17.2 Å². The number of rotatable bonds is 6. The molecule has 0 aliphatic heterocycles. The molecule has 0 spiro atoms. The van der Waals surface area contributed by atoms with Crippen molar-refractivity contribution >= 4 is 28.5 Å². The van der Waals surface area contributed by atoms with E-state index in [1.165, 1.54) is 4.88 Å². The number of hydrogen-bond donors (Lipinski definition) is 1. The van der Waals surface area contributed by atoms with E-state index in [0.29, 0.717) is 11.5 Å². The molecule has 5 heteroatoms. The summed E-state index contributed by atoms with van der Waals surface area (Å²) in [6.07, 6.45) is 1.10. The van der Waals surface area contributed by atoms with E-state index in [1.54, 1.807) is 11.3 Å². The maximum atomic E-state index is 5.59. The van der Waals surface area contributed by atoms with E-state index in [0.717, 1.165) is 30.2 Å². The van der Waals surface area contributed by atoms with Gasteiger partial charge in [-0.2, -0.15) is 0 Å². The third-order valence-corrected chi connectivity index (χ3v) is 3.54. The molecular weight excluding hydrogens is 238 g/mol. The van der Waals surface area contributed by atoms with E-state index >= 15 is 0 Å². The maximum absolute atomic E-state index is 5.59. The Morgan fingerprint density at radius 1 is 1.50 bits per heavy atom. The van der Waals surface area contributed by atoms with Crippen LogP contribution in [0, 0.1) is 13.8 Å². The number of aryl methyl sites for hydroxylation is 2. The summed E-state index contributed by atoms with van der Waals surface area (Å²) in [6.45, 7) is 8.85. The summed E-state index contributed by atoms with van der Waals surface area (Å²) < 4.78 is 0. The van der Waals surface area contributed by atoms with Gasteiger partial charge in [-0.05, 0) is 26.8 Å². The smallest absolute Gasteiger partial charge is 0.107 e. The van der Waals surface area contributed by atoms with Gasteiger partial charge in [0.1, 0.15) is 5.01 Å². The molecular formula is C11H19N3S2. The van der Waals surface area contributed by atoms with Crippen LogP contribution in [0.4, 0.5) is 0 Å². The predicted molar refractivity (Wildman–Crippen MR) is 73.9 cm³/mol. The highest BCUT2D eigenvalue weighted by Gasteiger charge is 2.10. The molecule has 3 nitrogen and oxygen atoms in total. The first kappa shape index (κ1) is 13.5. The summed E-state index contributed by atoms with van der Waals surface area (Å²) in [5.74, 6) is 0. The van der Waals surface area contributed by atoms with Gasteiger partial charge in [-0.15, -0.1) is 11.3 Å². The molecule has 0 aliphatic carbocycles. The predicted octanol–water partition coefficient (Wildman–Crippen LogP) is 2.26. The molecule has 1 aromatic rings. The van der Waals surface area contributed by atoms with E-state index in [9.17, 15) is 0 Å². The highest BCUT2D eigenvalue weighted by molar-refractivity contribution is 7.80. The second-order valence-electron chi connectivity index (χ2n) is 3.93. The van der Waals surface area contributed by atoms with Crippen LogP contribution in [0.2, 0.25) is 0 Å². The van der Waals surface area contributed by atoms with Crippen molar-refractivity contribution in [3.63, 3.8) is 0 Å². The third-order valence-electron chi connectivity index (χ3n) is 2.35. The Labute approximate surface area is 107 Å². The fraction of sp³-hybridized carbons (Fsp3) is 0.636. The number of aromatic nitrogens is 1. The first-order chi connectivity index (χ1) is 7.52. The Bertz CT molecular complexity index is 341. The monoisotopic (exact) mass is 257 g/mol. The molecule has 2 N–H and O–H groups in total. The first-order valence-corrected chi connectivity index (χ1v) is 6.69. The Hall–Kier alpha value is -0.520. The number of nitrogens with zero attached hydrogens (tertiary/aromatic N) is 2. The maximum Gasteiger partial charge on any atom is 0.107 e. The van der Waals surface area contributed by atoms with Crippen molar-refractivity contribution in [1.29, 1.82) is 0 Å². The lowest BCUT2D eigenvalue weighted by atomic mass is 10.4. The molecule has 16 heavy (non-hydrogen) atoms. The van der Waals surface area contributed by atoms with Gasteiger partial charge in [-0.25, -0.2) is 4.98 Å². The van der Waals surface area contributed by atoms with Crippen LogP contribution < -0.4 is 5.73 Å². The SMILES string of the molecule is CCCN(CC(N)=S)Cc1nc(C)c(C)s1. The molecule has 0 bridgehead atoms. The molecule has 0 atom stereocenters. The van der Waals surface area contributed by atoms with Crippen LogP contribution in [0.15, 0.2) is 0 Å². The lowest BCUT2D eigenvalue weighted by Crippen LogP contribution is -2.32. The zero-order valence-electron chi connectivity index (χ0n) is 10.1.